The van der Waals surface area contributed by atoms with Crippen LogP contribution in [0.3, 0.4) is 0 Å². The number of halogens is 1. The van der Waals surface area contributed by atoms with Crippen LogP contribution in [0.1, 0.15) is 15.9 Å². The lowest BCUT2D eigenvalue weighted by Crippen LogP contribution is -2.12. The average Bonchev–Trinajstić information content (AvgIpc) is 2.59. The topological polar surface area (TPSA) is 54.0 Å². The molecule has 2 aromatic carbocycles. The normalized spacial score (nSPS) is 10.2. The van der Waals surface area contributed by atoms with Crippen LogP contribution < -0.4 is 10.6 Å². The monoisotopic (exact) mass is 381 g/mol. The minimum Gasteiger partial charge on any atom is -0.354 e. The zero-order valence-corrected chi connectivity index (χ0v) is 14.7. The number of pyridine rings is 1. The third-order valence-corrected chi connectivity index (χ3v) is 3.93. The minimum absolute atomic E-state index is 0.192. The number of benzene rings is 2. The number of anilines is 3. The highest BCUT2D eigenvalue weighted by atomic mass is 79.9. The minimum atomic E-state index is -0.192. The summed E-state index contributed by atoms with van der Waals surface area (Å²) in [4.78, 5) is 16.5. The fourth-order valence-electron chi connectivity index (χ4n) is 2.16. The van der Waals surface area contributed by atoms with Crippen LogP contribution in [0.15, 0.2) is 71.3 Å². The number of aryl methyl sites for hydroxylation is 1. The maximum absolute atomic E-state index is 12.2. The average molecular weight is 382 g/mol. The van der Waals surface area contributed by atoms with Crippen molar-refractivity contribution in [1.29, 1.82) is 0 Å². The Bertz CT molecular complexity index is 845. The molecule has 0 aliphatic heterocycles. The summed E-state index contributed by atoms with van der Waals surface area (Å²) in [5.41, 5.74) is 3.64. The third-order valence-electron chi connectivity index (χ3n) is 3.43. The molecular weight excluding hydrogens is 366 g/mol. The second-order valence-electron chi connectivity index (χ2n) is 5.39. The van der Waals surface area contributed by atoms with Crippen LogP contribution in [-0.4, -0.2) is 10.9 Å². The zero-order valence-electron chi connectivity index (χ0n) is 13.1. The summed E-state index contributed by atoms with van der Waals surface area (Å²) in [6, 6.07) is 19.0. The summed E-state index contributed by atoms with van der Waals surface area (Å²) in [5, 5.41) is 6.05. The van der Waals surface area contributed by atoms with Crippen molar-refractivity contribution < 1.29 is 4.79 Å². The van der Waals surface area contributed by atoms with Gasteiger partial charge < -0.3 is 10.6 Å². The van der Waals surface area contributed by atoms with E-state index in [1.54, 1.807) is 24.4 Å². The number of nitrogens with zero attached hydrogens (tertiary/aromatic N) is 1. The highest BCUT2D eigenvalue weighted by Crippen LogP contribution is 2.18. The first-order valence-corrected chi connectivity index (χ1v) is 8.26. The summed E-state index contributed by atoms with van der Waals surface area (Å²) in [6.45, 7) is 2.05. The van der Waals surface area contributed by atoms with E-state index in [9.17, 15) is 4.79 Å². The van der Waals surface area contributed by atoms with Gasteiger partial charge >= 0.3 is 0 Å². The Morgan fingerprint density at radius 1 is 1.00 bits per heavy atom. The third kappa shape index (κ3) is 4.20. The Morgan fingerprint density at radius 3 is 2.42 bits per heavy atom. The maximum Gasteiger partial charge on any atom is 0.256 e. The molecule has 0 saturated heterocycles. The van der Waals surface area contributed by atoms with Gasteiger partial charge in [-0.1, -0.05) is 39.7 Å². The van der Waals surface area contributed by atoms with Crippen molar-refractivity contribution in [2.24, 2.45) is 0 Å². The zero-order chi connectivity index (χ0) is 16.9. The first kappa shape index (κ1) is 16.2. The fraction of sp³-hybridized carbons (Fsp3) is 0.0526. The molecule has 24 heavy (non-hydrogen) atoms. The molecule has 3 aromatic rings. The van der Waals surface area contributed by atoms with Crippen molar-refractivity contribution in [3.63, 3.8) is 0 Å². The predicted octanol–water partition coefficient (Wildman–Crippen LogP) is 5.15. The van der Waals surface area contributed by atoms with Gasteiger partial charge in [-0.3, -0.25) is 4.79 Å². The van der Waals surface area contributed by atoms with Crippen molar-refractivity contribution in [3.05, 3.63) is 82.5 Å². The van der Waals surface area contributed by atoms with E-state index in [0.717, 1.165) is 15.8 Å². The van der Waals surface area contributed by atoms with Crippen LogP contribution in [0.25, 0.3) is 0 Å². The lowest BCUT2D eigenvalue weighted by atomic mass is 10.2. The molecule has 0 atom stereocenters. The maximum atomic E-state index is 12.2. The van der Waals surface area contributed by atoms with E-state index in [0.29, 0.717) is 11.4 Å². The Kier molecular flexibility index (Phi) is 4.91. The first-order chi connectivity index (χ1) is 11.6. The van der Waals surface area contributed by atoms with Crippen LogP contribution in [-0.2, 0) is 0 Å². The molecule has 0 aliphatic rings. The number of rotatable bonds is 4. The Labute approximate surface area is 149 Å². The SMILES string of the molecule is Cc1ccc(Nc2ccc(NC(=O)c3cccc(Br)c3)nc2)cc1. The molecule has 0 bridgehead atoms. The van der Waals surface area contributed by atoms with E-state index < -0.39 is 0 Å². The highest BCUT2D eigenvalue weighted by Gasteiger charge is 2.07. The van der Waals surface area contributed by atoms with E-state index >= 15 is 0 Å². The van der Waals surface area contributed by atoms with E-state index in [-0.39, 0.29) is 5.91 Å². The lowest BCUT2D eigenvalue weighted by molar-refractivity contribution is 0.102. The van der Waals surface area contributed by atoms with Gasteiger partial charge in [0.1, 0.15) is 5.82 Å². The van der Waals surface area contributed by atoms with Crippen LogP contribution in [0.4, 0.5) is 17.2 Å². The van der Waals surface area contributed by atoms with E-state index in [1.807, 2.05) is 49.4 Å². The molecule has 0 saturated carbocycles. The number of hydrogen-bond acceptors (Lipinski definition) is 3. The van der Waals surface area contributed by atoms with Gasteiger partial charge in [0.2, 0.25) is 0 Å². The molecule has 2 N–H and O–H groups in total. The molecule has 0 unspecified atom stereocenters. The van der Waals surface area contributed by atoms with E-state index in [2.05, 4.69) is 31.5 Å². The van der Waals surface area contributed by atoms with Crippen LogP contribution >= 0.6 is 15.9 Å². The molecular formula is C19H16BrN3O. The standard InChI is InChI=1S/C19H16BrN3O/c1-13-5-7-16(8-6-13)22-17-9-10-18(21-12-17)23-19(24)14-3-2-4-15(20)11-14/h2-12,22H,1H3,(H,21,23,24). The molecule has 0 radical (unpaired) electrons. The molecule has 1 heterocycles. The first-order valence-electron chi connectivity index (χ1n) is 7.47. The number of amides is 1. The van der Waals surface area contributed by atoms with Crippen LogP contribution in [0.5, 0.6) is 0 Å². The molecule has 120 valence electrons. The second kappa shape index (κ2) is 7.27. The van der Waals surface area contributed by atoms with Gasteiger partial charge in [0, 0.05) is 15.7 Å². The second-order valence-corrected chi connectivity index (χ2v) is 6.30. The Morgan fingerprint density at radius 2 is 1.75 bits per heavy atom. The molecule has 0 aliphatic carbocycles. The predicted molar refractivity (Wildman–Crippen MR) is 101 cm³/mol. The van der Waals surface area contributed by atoms with Crippen LogP contribution in [0, 0.1) is 6.92 Å². The summed E-state index contributed by atoms with van der Waals surface area (Å²) in [7, 11) is 0. The number of carbonyl (C=O) groups excluding carboxylic acids is 1. The molecule has 3 rings (SSSR count). The highest BCUT2D eigenvalue weighted by molar-refractivity contribution is 9.10. The smallest absolute Gasteiger partial charge is 0.256 e. The quantitative estimate of drug-likeness (QED) is 0.656. The largest absolute Gasteiger partial charge is 0.354 e. The van der Waals surface area contributed by atoms with Gasteiger partial charge in [-0.25, -0.2) is 4.98 Å². The van der Waals surface area contributed by atoms with E-state index in [1.165, 1.54) is 5.56 Å². The number of nitrogens with one attached hydrogen (secondary N) is 2. The van der Waals surface area contributed by atoms with Crippen molar-refractivity contribution >= 4 is 39.0 Å². The molecule has 0 fully saturated rings. The van der Waals surface area contributed by atoms with Crippen molar-refractivity contribution in [1.82, 2.24) is 4.98 Å². The van der Waals surface area contributed by atoms with Crippen molar-refractivity contribution in [2.45, 2.75) is 6.92 Å². The fourth-order valence-corrected chi connectivity index (χ4v) is 2.56. The Hall–Kier alpha value is -2.66. The Balaban J connectivity index is 1.66. The summed E-state index contributed by atoms with van der Waals surface area (Å²) < 4.78 is 0.862. The molecule has 0 spiro atoms. The molecule has 5 heteroatoms. The number of aromatic nitrogens is 1. The van der Waals surface area contributed by atoms with E-state index in [4.69, 9.17) is 0 Å². The molecule has 1 amide bonds. The van der Waals surface area contributed by atoms with Crippen molar-refractivity contribution in [3.8, 4) is 0 Å². The van der Waals surface area contributed by atoms with Gasteiger partial charge in [-0.05, 0) is 49.4 Å². The molecule has 4 nitrogen and oxygen atoms in total. The van der Waals surface area contributed by atoms with Gasteiger partial charge in [-0.15, -0.1) is 0 Å². The lowest BCUT2D eigenvalue weighted by Gasteiger charge is -2.08. The summed E-state index contributed by atoms with van der Waals surface area (Å²) in [5.74, 6) is 0.317. The van der Waals surface area contributed by atoms with Gasteiger partial charge in [0.05, 0.1) is 11.9 Å². The van der Waals surface area contributed by atoms with Crippen molar-refractivity contribution in [2.75, 3.05) is 10.6 Å². The number of hydrogen-bond donors (Lipinski definition) is 2. The van der Waals surface area contributed by atoms with Gasteiger partial charge in [0.15, 0.2) is 0 Å². The number of carbonyl (C=O) groups is 1. The summed E-state index contributed by atoms with van der Waals surface area (Å²) >= 11 is 3.36. The van der Waals surface area contributed by atoms with Gasteiger partial charge in [-0.2, -0.15) is 0 Å². The summed E-state index contributed by atoms with van der Waals surface area (Å²) in [6.07, 6.45) is 1.69. The molecule has 1 aromatic heterocycles. The van der Waals surface area contributed by atoms with Gasteiger partial charge in [0.25, 0.3) is 5.91 Å². The van der Waals surface area contributed by atoms with Crippen LogP contribution in [0.2, 0.25) is 0 Å².